The van der Waals surface area contributed by atoms with Crippen molar-refractivity contribution in [2.24, 2.45) is 0 Å². The number of nitrogens with zero attached hydrogens (tertiary/aromatic N) is 3. The quantitative estimate of drug-likeness (QED) is 0.0788. The van der Waals surface area contributed by atoms with Crippen LogP contribution in [-0.4, -0.2) is 79.6 Å². The molecule has 0 bridgehead atoms. The second-order valence-electron chi connectivity index (χ2n) is 11.8. The number of fused-ring (bicyclic) bond motifs is 2. The molecule has 10 nitrogen and oxygen atoms in total. The zero-order valence-corrected chi connectivity index (χ0v) is 28.2. The van der Waals surface area contributed by atoms with Crippen molar-refractivity contribution < 1.29 is 33.0 Å². The van der Waals surface area contributed by atoms with Gasteiger partial charge in [0.2, 0.25) is 11.5 Å². The number of carbonyl (C=O) groups excluding carboxylic acids is 3. The first-order valence-corrected chi connectivity index (χ1v) is 14.9. The van der Waals surface area contributed by atoms with Crippen LogP contribution in [0.5, 0.6) is 11.5 Å². The van der Waals surface area contributed by atoms with Gasteiger partial charge in [0, 0.05) is 93.4 Å². The molecule has 1 aliphatic heterocycles. The number of ketones is 2. The minimum atomic E-state index is -1.26. The van der Waals surface area contributed by atoms with Crippen LogP contribution < -0.4 is 29.2 Å². The lowest BCUT2D eigenvalue weighted by molar-refractivity contribution is -0.157. The number of benzene rings is 3. The molecule has 2 aromatic rings. The number of Topliss-reactive ketones (excluding diaryl/α,β-unsaturated/α-hetero) is 2. The number of esters is 1. The number of hydrogen-bond donors (Lipinski definition) is 0. The topological polar surface area (TPSA) is 102 Å². The first-order chi connectivity index (χ1) is 21.5. The normalized spacial score (nSPS) is 13.1. The summed E-state index contributed by atoms with van der Waals surface area (Å²) in [5.41, 5.74) is 5.25. The van der Waals surface area contributed by atoms with Crippen molar-refractivity contribution in [1.29, 1.82) is 0 Å². The fraction of sp³-hybridized carbons (Fsp3) is 0.371. The van der Waals surface area contributed by atoms with Crippen molar-refractivity contribution in [1.82, 2.24) is 4.58 Å². The van der Waals surface area contributed by atoms with Crippen molar-refractivity contribution >= 4 is 52.3 Å². The van der Waals surface area contributed by atoms with Gasteiger partial charge in [-0.05, 0) is 30.7 Å². The molecule has 0 unspecified atom stereocenters. The van der Waals surface area contributed by atoms with Gasteiger partial charge in [-0.2, -0.15) is 0 Å². The Balaban J connectivity index is 0.00000480. The van der Waals surface area contributed by atoms with Crippen LogP contribution in [-0.2, 0) is 19.1 Å². The fourth-order valence-electron chi connectivity index (χ4n) is 5.50. The molecule has 0 radical (unpaired) electrons. The average Bonchev–Trinajstić information content (AvgIpc) is 3.32. The number of anilines is 2. The molecular formula is C35H41ClN3O7+. The number of halogens is 1. The van der Waals surface area contributed by atoms with E-state index in [1.165, 1.54) is 0 Å². The summed E-state index contributed by atoms with van der Waals surface area (Å²) in [6, 6.07) is 16.2. The van der Waals surface area contributed by atoms with Gasteiger partial charge < -0.3 is 28.4 Å². The molecule has 244 valence electrons. The standard InChI is InChI=1S/C35H40N3O7.ClH/c1-36(2)21-10-12-23-30(17-21)44-31-18-22(37(3)4)11-13-24(31)34(23)25-19-32(26(38(5)6)20-29(25)42-7)43-16-8-9-33(41)45-35-27(39)14-15-28(35)40;/h10-13,17-20,35H,8-9,14-16H2,1-7H3;1H/q+1;. The van der Waals surface area contributed by atoms with Gasteiger partial charge in [0.15, 0.2) is 11.6 Å². The first kappa shape index (κ1) is 34.3. The second-order valence-corrected chi connectivity index (χ2v) is 11.8. The summed E-state index contributed by atoms with van der Waals surface area (Å²) in [6.45, 7) is 0.221. The van der Waals surface area contributed by atoms with E-state index in [0.29, 0.717) is 17.9 Å². The summed E-state index contributed by atoms with van der Waals surface area (Å²) in [6.07, 6.45) is -0.636. The highest BCUT2D eigenvalue weighted by atomic mass is 35.5. The zero-order valence-electron chi connectivity index (χ0n) is 27.3. The molecule has 0 spiro atoms. The Bertz CT molecular complexity index is 1810. The van der Waals surface area contributed by atoms with Gasteiger partial charge in [0.05, 0.1) is 25.5 Å². The van der Waals surface area contributed by atoms with Crippen molar-refractivity contribution in [3.63, 3.8) is 0 Å². The minimum Gasteiger partial charge on any atom is -0.496 e. The van der Waals surface area contributed by atoms with Gasteiger partial charge in [0.1, 0.15) is 36.9 Å². The maximum absolute atomic E-state index is 12.4. The maximum atomic E-state index is 12.4. The van der Waals surface area contributed by atoms with Crippen LogP contribution in [0.15, 0.2) is 52.9 Å². The van der Waals surface area contributed by atoms with Crippen molar-refractivity contribution in [3.05, 3.63) is 53.9 Å². The van der Waals surface area contributed by atoms with Crippen LogP contribution in [0.4, 0.5) is 11.4 Å². The van der Waals surface area contributed by atoms with E-state index in [4.69, 9.17) is 18.6 Å². The minimum absolute atomic E-state index is 0. The molecule has 5 rings (SSSR count). The molecule has 1 fully saturated rings. The summed E-state index contributed by atoms with van der Waals surface area (Å²) in [5.74, 6) is 0.755. The zero-order chi connectivity index (χ0) is 32.4. The Morgan fingerprint density at radius 1 is 0.913 bits per heavy atom. The van der Waals surface area contributed by atoms with E-state index in [1.807, 2.05) is 80.9 Å². The molecule has 0 atom stereocenters. The molecule has 46 heavy (non-hydrogen) atoms. The molecule has 0 amide bonds. The highest BCUT2D eigenvalue weighted by Crippen LogP contribution is 2.47. The third-order valence-electron chi connectivity index (χ3n) is 7.99. The number of hydrogen-bond acceptors (Lipinski definition) is 9. The second kappa shape index (κ2) is 14.2. The van der Waals surface area contributed by atoms with Gasteiger partial charge in [0.25, 0.3) is 0 Å². The molecule has 0 N–H and O–H groups in total. The Kier molecular flexibility index (Phi) is 10.6. The molecule has 0 aromatic heterocycles. The molecule has 3 aliphatic rings. The summed E-state index contributed by atoms with van der Waals surface area (Å²) in [5, 5.41) is 1.94. The van der Waals surface area contributed by atoms with Crippen LogP contribution >= 0.6 is 12.4 Å². The molecule has 2 aliphatic carbocycles. The van der Waals surface area contributed by atoms with E-state index in [2.05, 4.69) is 24.3 Å². The van der Waals surface area contributed by atoms with Crippen molar-refractivity contribution in [2.45, 2.75) is 31.8 Å². The molecule has 2 aromatic carbocycles. The monoisotopic (exact) mass is 650 g/mol. The third kappa shape index (κ3) is 6.97. The van der Waals surface area contributed by atoms with Crippen molar-refractivity contribution in [3.8, 4) is 33.9 Å². The van der Waals surface area contributed by atoms with E-state index >= 15 is 0 Å². The fourth-order valence-corrected chi connectivity index (χ4v) is 5.50. The van der Waals surface area contributed by atoms with E-state index in [0.717, 1.165) is 50.2 Å². The van der Waals surface area contributed by atoms with E-state index in [-0.39, 0.29) is 49.8 Å². The SMILES string of the molecule is COc1cc(N(C)C)c(OCCCC(=O)OC2C(=O)CCC2=O)cc1-c1c2ccc(=[N+](C)C)cc-2oc2cc(N(C)C)ccc12.Cl. The van der Waals surface area contributed by atoms with Crippen LogP contribution in [0.25, 0.3) is 33.4 Å². The average molecular weight is 651 g/mol. The highest BCUT2D eigenvalue weighted by Gasteiger charge is 2.36. The van der Waals surface area contributed by atoms with Crippen LogP contribution in [0.2, 0.25) is 0 Å². The summed E-state index contributed by atoms with van der Waals surface area (Å²) < 4.78 is 25.9. The summed E-state index contributed by atoms with van der Waals surface area (Å²) in [7, 11) is 13.5. The Labute approximate surface area is 274 Å². The molecule has 1 saturated carbocycles. The lowest BCUT2D eigenvalue weighted by atomic mass is 9.92. The summed E-state index contributed by atoms with van der Waals surface area (Å²) in [4.78, 5) is 40.0. The predicted octanol–water partition coefficient (Wildman–Crippen LogP) is 4.80. The maximum Gasteiger partial charge on any atom is 0.307 e. The molecular weight excluding hydrogens is 610 g/mol. The number of carbonyl (C=O) groups is 3. The summed E-state index contributed by atoms with van der Waals surface area (Å²) >= 11 is 0. The Hall–Kier alpha value is -4.57. The van der Waals surface area contributed by atoms with Gasteiger partial charge in [-0.1, -0.05) is 0 Å². The van der Waals surface area contributed by atoms with Gasteiger partial charge in [-0.15, -0.1) is 12.4 Å². The Morgan fingerprint density at radius 2 is 1.63 bits per heavy atom. The van der Waals surface area contributed by atoms with E-state index in [1.54, 1.807) is 7.11 Å². The van der Waals surface area contributed by atoms with Crippen LogP contribution in [0.1, 0.15) is 25.7 Å². The van der Waals surface area contributed by atoms with Crippen molar-refractivity contribution in [2.75, 3.05) is 65.8 Å². The van der Waals surface area contributed by atoms with Gasteiger partial charge >= 0.3 is 5.97 Å². The number of rotatable bonds is 10. The third-order valence-corrected chi connectivity index (χ3v) is 7.99. The molecule has 11 heteroatoms. The van der Waals surface area contributed by atoms with Crippen LogP contribution in [0, 0.1) is 0 Å². The molecule has 0 saturated heterocycles. The number of ether oxygens (including phenoxy) is 3. The predicted molar refractivity (Wildman–Crippen MR) is 182 cm³/mol. The largest absolute Gasteiger partial charge is 0.496 e. The lowest BCUT2D eigenvalue weighted by Gasteiger charge is -2.23. The smallest absolute Gasteiger partial charge is 0.307 e. The van der Waals surface area contributed by atoms with E-state index < -0.39 is 12.1 Å². The van der Waals surface area contributed by atoms with E-state index in [9.17, 15) is 14.4 Å². The first-order valence-electron chi connectivity index (χ1n) is 14.9. The lowest BCUT2D eigenvalue weighted by Crippen LogP contribution is -2.28. The Morgan fingerprint density at radius 3 is 2.26 bits per heavy atom. The van der Waals surface area contributed by atoms with Gasteiger partial charge in [-0.3, -0.25) is 14.4 Å². The molecule has 1 heterocycles. The van der Waals surface area contributed by atoms with Crippen LogP contribution in [0.3, 0.4) is 0 Å². The highest BCUT2D eigenvalue weighted by molar-refractivity contribution is 6.12. The number of methoxy groups -OCH3 is 1. The van der Waals surface area contributed by atoms with Gasteiger partial charge in [-0.25, -0.2) is 4.58 Å².